The zero-order chi connectivity index (χ0) is 18.6. The van der Waals surface area contributed by atoms with Crippen molar-refractivity contribution < 1.29 is 9.53 Å². The van der Waals surface area contributed by atoms with Gasteiger partial charge in [-0.3, -0.25) is 4.79 Å². The Hall–Kier alpha value is -3.66. The summed E-state index contributed by atoms with van der Waals surface area (Å²) in [6.07, 6.45) is 0. The molecule has 0 aliphatic rings. The Labute approximate surface area is 157 Å². The molecule has 0 radical (unpaired) electrons. The van der Waals surface area contributed by atoms with Gasteiger partial charge in [0.2, 0.25) is 5.78 Å². The van der Waals surface area contributed by atoms with Crippen LogP contribution in [0.25, 0.3) is 16.9 Å². The van der Waals surface area contributed by atoms with Crippen molar-refractivity contribution in [2.75, 3.05) is 7.11 Å². The van der Waals surface area contributed by atoms with Crippen molar-refractivity contribution in [3.8, 4) is 22.7 Å². The second-order valence-electron chi connectivity index (χ2n) is 6.09. The van der Waals surface area contributed by atoms with E-state index in [9.17, 15) is 4.79 Å². The zero-order valence-electron chi connectivity index (χ0n) is 14.9. The third-order valence-corrected chi connectivity index (χ3v) is 4.34. The van der Waals surface area contributed by atoms with Gasteiger partial charge in [-0.15, -0.1) is 0 Å². The molecular formula is C23H18N2O2. The van der Waals surface area contributed by atoms with Crippen LogP contribution in [0.3, 0.4) is 0 Å². The summed E-state index contributed by atoms with van der Waals surface area (Å²) in [5.74, 6) is 0.679. The summed E-state index contributed by atoms with van der Waals surface area (Å²) in [6, 6.07) is 28.4. The van der Waals surface area contributed by atoms with E-state index in [1.807, 2.05) is 91.0 Å². The summed E-state index contributed by atoms with van der Waals surface area (Å²) in [7, 11) is 1.63. The van der Waals surface area contributed by atoms with Crippen LogP contribution in [0.5, 0.6) is 5.75 Å². The molecule has 4 aromatic rings. The molecular weight excluding hydrogens is 336 g/mol. The predicted molar refractivity (Wildman–Crippen MR) is 105 cm³/mol. The molecule has 1 aromatic heterocycles. The second kappa shape index (κ2) is 7.30. The fourth-order valence-electron chi connectivity index (χ4n) is 2.97. The van der Waals surface area contributed by atoms with Crippen molar-refractivity contribution in [3.05, 3.63) is 102 Å². The number of carbonyl (C=O) groups is 1. The number of aromatic nitrogens is 2. The molecule has 0 bridgehead atoms. The lowest BCUT2D eigenvalue weighted by Crippen LogP contribution is -2.09. The summed E-state index contributed by atoms with van der Waals surface area (Å²) < 4.78 is 7.01. The highest BCUT2D eigenvalue weighted by atomic mass is 16.5. The van der Waals surface area contributed by atoms with E-state index in [0.717, 1.165) is 22.7 Å². The number of rotatable bonds is 5. The van der Waals surface area contributed by atoms with Gasteiger partial charge in [0, 0.05) is 11.1 Å². The smallest absolute Gasteiger partial charge is 0.211 e. The van der Waals surface area contributed by atoms with E-state index >= 15 is 0 Å². The maximum Gasteiger partial charge on any atom is 0.211 e. The van der Waals surface area contributed by atoms with Crippen LogP contribution in [0, 0.1) is 0 Å². The first-order chi connectivity index (χ1) is 13.3. The first kappa shape index (κ1) is 16.8. The highest BCUT2D eigenvalue weighted by Gasteiger charge is 2.19. The number of para-hydroxylation sites is 1. The van der Waals surface area contributed by atoms with Crippen molar-refractivity contribution in [1.29, 1.82) is 0 Å². The number of hydrogen-bond acceptors (Lipinski definition) is 3. The van der Waals surface area contributed by atoms with Crippen LogP contribution in [-0.2, 0) is 0 Å². The number of hydrogen-bond donors (Lipinski definition) is 0. The Balaban J connectivity index is 1.86. The summed E-state index contributed by atoms with van der Waals surface area (Å²) in [5.41, 5.74) is 3.60. The van der Waals surface area contributed by atoms with Crippen LogP contribution < -0.4 is 4.74 Å². The van der Waals surface area contributed by atoms with E-state index < -0.39 is 0 Å². The highest BCUT2D eigenvalue weighted by molar-refractivity contribution is 6.08. The van der Waals surface area contributed by atoms with Crippen LogP contribution in [0.15, 0.2) is 91.0 Å². The van der Waals surface area contributed by atoms with Gasteiger partial charge in [0.05, 0.1) is 18.5 Å². The molecule has 0 saturated carbocycles. The Morgan fingerprint density at radius 3 is 2.26 bits per heavy atom. The number of benzene rings is 3. The number of carbonyl (C=O) groups excluding carboxylic acids is 1. The molecule has 0 aliphatic carbocycles. The van der Waals surface area contributed by atoms with Gasteiger partial charge in [-0.05, 0) is 30.3 Å². The molecule has 0 spiro atoms. The number of ketones is 1. The molecule has 1 heterocycles. The van der Waals surface area contributed by atoms with Gasteiger partial charge in [0.15, 0.2) is 0 Å². The summed E-state index contributed by atoms with van der Waals surface area (Å²) in [5, 5.41) is 4.71. The summed E-state index contributed by atoms with van der Waals surface area (Å²) in [4.78, 5) is 13.1. The van der Waals surface area contributed by atoms with Gasteiger partial charge in [0.1, 0.15) is 11.4 Å². The van der Waals surface area contributed by atoms with Crippen molar-refractivity contribution >= 4 is 5.78 Å². The van der Waals surface area contributed by atoms with Crippen LogP contribution in [0.2, 0.25) is 0 Å². The average molecular weight is 354 g/mol. The van der Waals surface area contributed by atoms with E-state index in [1.54, 1.807) is 11.8 Å². The van der Waals surface area contributed by atoms with Crippen LogP contribution >= 0.6 is 0 Å². The monoisotopic (exact) mass is 354 g/mol. The average Bonchev–Trinajstić information content (AvgIpc) is 3.20. The number of nitrogens with zero attached hydrogens (tertiary/aromatic N) is 2. The minimum atomic E-state index is -0.0684. The fraction of sp³-hybridized carbons (Fsp3) is 0.0435. The predicted octanol–water partition coefficient (Wildman–Crippen LogP) is 4.78. The molecule has 0 N–H and O–H groups in total. The molecule has 0 saturated heterocycles. The van der Waals surface area contributed by atoms with Gasteiger partial charge in [-0.2, -0.15) is 5.10 Å². The van der Waals surface area contributed by atoms with Gasteiger partial charge in [0.25, 0.3) is 0 Å². The quantitative estimate of drug-likeness (QED) is 0.485. The van der Waals surface area contributed by atoms with E-state index in [1.165, 1.54) is 0 Å². The normalized spacial score (nSPS) is 10.6. The van der Waals surface area contributed by atoms with Gasteiger partial charge >= 0.3 is 0 Å². The molecule has 27 heavy (non-hydrogen) atoms. The summed E-state index contributed by atoms with van der Waals surface area (Å²) >= 11 is 0. The van der Waals surface area contributed by atoms with Crippen LogP contribution in [0.4, 0.5) is 0 Å². The largest absolute Gasteiger partial charge is 0.497 e. The third-order valence-electron chi connectivity index (χ3n) is 4.34. The first-order valence-corrected chi connectivity index (χ1v) is 8.66. The van der Waals surface area contributed by atoms with Crippen molar-refractivity contribution in [3.63, 3.8) is 0 Å². The molecule has 132 valence electrons. The lowest BCUT2D eigenvalue weighted by Gasteiger charge is -2.06. The molecule has 3 aromatic carbocycles. The highest BCUT2D eigenvalue weighted by Crippen LogP contribution is 2.26. The molecule has 0 atom stereocenters. The fourth-order valence-corrected chi connectivity index (χ4v) is 2.97. The Morgan fingerprint density at radius 2 is 1.56 bits per heavy atom. The Morgan fingerprint density at radius 1 is 0.852 bits per heavy atom. The minimum Gasteiger partial charge on any atom is -0.497 e. The molecule has 4 heteroatoms. The van der Waals surface area contributed by atoms with Crippen molar-refractivity contribution in [2.24, 2.45) is 0 Å². The SMILES string of the molecule is COc1cccc(-c2cc(C(=O)c3ccccc3)n(-c3ccccc3)n2)c1. The van der Waals surface area contributed by atoms with Crippen molar-refractivity contribution in [2.45, 2.75) is 0 Å². The van der Waals surface area contributed by atoms with Crippen LogP contribution in [0.1, 0.15) is 16.1 Å². The molecule has 0 aliphatic heterocycles. The molecule has 4 nitrogen and oxygen atoms in total. The van der Waals surface area contributed by atoms with Gasteiger partial charge < -0.3 is 4.74 Å². The Bertz CT molecular complexity index is 1070. The molecule has 0 fully saturated rings. The number of methoxy groups -OCH3 is 1. The van der Waals surface area contributed by atoms with Crippen LogP contribution in [-0.4, -0.2) is 22.7 Å². The van der Waals surface area contributed by atoms with E-state index in [-0.39, 0.29) is 5.78 Å². The molecule has 0 amide bonds. The van der Waals surface area contributed by atoms with Crippen molar-refractivity contribution in [1.82, 2.24) is 9.78 Å². The standard InChI is InChI=1S/C23H18N2O2/c1-27-20-14-8-11-18(15-20)21-16-22(23(26)17-9-4-2-5-10-17)25(24-21)19-12-6-3-7-13-19/h2-16H,1H3. The molecule has 4 rings (SSSR count). The first-order valence-electron chi connectivity index (χ1n) is 8.66. The minimum absolute atomic E-state index is 0.0684. The lowest BCUT2D eigenvalue weighted by atomic mass is 10.1. The van der Waals surface area contributed by atoms with Gasteiger partial charge in [-0.1, -0.05) is 60.7 Å². The zero-order valence-corrected chi connectivity index (χ0v) is 14.9. The van der Waals surface area contributed by atoms with E-state index in [0.29, 0.717) is 11.3 Å². The second-order valence-corrected chi connectivity index (χ2v) is 6.09. The molecule has 0 unspecified atom stereocenters. The Kier molecular flexibility index (Phi) is 4.54. The van der Waals surface area contributed by atoms with E-state index in [2.05, 4.69) is 0 Å². The topological polar surface area (TPSA) is 44.1 Å². The number of ether oxygens (including phenoxy) is 1. The lowest BCUT2D eigenvalue weighted by molar-refractivity contribution is 0.103. The van der Waals surface area contributed by atoms with E-state index in [4.69, 9.17) is 9.84 Å². The third kappa shape index (κ3) is 3.37. The summed E-state index contributed by atoms with van der Waals surface area (Å²) in [6.45, 7) is 0. The maximum absolute atomic E-state index is 13.1. The van der Waals surface area contributed by atoms with Gasteiger partial charge in [-0.25, -0.2) is 4.68 Å². The maximum atomic E-state index is 13.1.